The molecule has 0 aliphatic rings. The Labute approximate surface area is 140 Å². The normalized spacial score (nSPS) is 12.3. The fourth-order valence-electron chi connectivity index (χ4n) is 1.75. The van der Waals surface area contributed by atoms with Gasteiger partial charge in [0.1, 0.15) is 5.60 Å². The van der Waals surface area contributed by atoms with Crippen LogP contribution >= 0.6 is 11.8 Å². The van der Waals surface area contributed by atoms with Gasteiger partial charge in [0.15, 0.2) is 0 Å². The summed E-state index contributed by atoms with van der Waals surface area (Å²) in [5, 5.41) is 12.0. The Morgan fingerprint density at radius 3 is 2.27 bits per heavy atom. The van der Waals surface area contributed by atoms with Crippen molar-refractivity contribution in [3.8, 4) is 0 Å². The van der Waals surface area contributed by atoms with Gasteiger partial charge in [0.25, 0.3) is 0 Å². The Kier molecular flexibility index (Phi) is 10.1. The molecule has 0 radical (unpaired) electrons. The van der Waals surface area contributed by atoms with E-state index >= 15 is 0 Å². The second kappa shape index (κ2) is 10.3. The van der Waals surface area contributed by atoms with Crippen molar-refractivity contribution in [1.82, 2.24) is 10.2 Å². The number of thioether (sulfide) groups is 1. The molecule has 0 atom stereocenters. The third-order valence-electron chi connectivity index (χ3n) is 2.81. The molecule has 0 rings (SSSR count). The molecule has 0 aliphatic carbocycles. The van der Waals surface area contributed by atoms with Crippen molar-refractivity contribution in [2.75, 3.05) is 37.7 Å². The van der Waals surface area contributed by atoms with E-state index in [1.165, 1.54) is 0 Å². The van der Waals surface area contributed by atoms with Crippen LogP contribution in [0, 0.1) is 0 Å². The zero-order chi connectivity index (χ0) is 17.2. The summed E-state index contributed by atoms with van der Waals surface area (Å²) in [6.07, 6.45) is 0.584. The maximum atomic E-state index is 12.3. The number of nitrogens with one attached hydrogen (secondary N) is 1. The molecule has 0 spiro atoms. The summed E-state index contributed by atoms with van der Waals surface area (Å²) in [4.78, 5) is 14.1. The van der Waals surface area contributed by atoms with E-state index in [1.54, 1.807) is 4.90 Å². The van der Waals surface area contributed by atoms with Crippen molar-refractivity contribution in [1.29, 1.82) is 0 Å². The van der Waals surface area contributed by atoms with E-state index < -0.39 is 5.60 Å². The van der Waals surface area contributed by atoms with Crippen molar-refractivity contribution >= 4 is 17.9 Å². The summed E-state index contributed by atoms with van der Waals surface area (Å²) in [5.41, 5.74) is -0.739. The van der Waals surface area contributed by atoms with Crippen molar-refractivity contribution < 1.29 is 14.6 Å². The molecule has 0 saturated heterocycles. The lowest BCUT2D eigenvalue weighted by atomic mass is 10.1. The van der Waals surface area contributed by atoms with Crippen LogP contribution in [0.2, 0.25) is 0 Å². The first-order valence-corrected chi connectivity index (χ1v) is 9.13. The van der Waals surface area contributed by atoms with Crippen LogP contribution in [0.25, 0.3) is 0 Å². The van der Waals surface area contributed by atoms with E-state index in [9.17, 15) is 4.79 Å². The van der Waals surface area contributed by atoms with Gasteiger partial charge in [-0.05, 0) is 53.7 Å². The Morgan fingerprint density at radius 1 is 1.14 bits per heavy atom. The summed E-state index contributed by atoms with van der Waals surface area (Å²) < 4.78 is 5.48. The summed E-state index contributed by atoms with van der Waals surface area (Å²) in [5.74, 6) is 2.01. The van der Waals surface area contributed by atoms with Crippen LogP contribution in [-0.4, -0.2) is 65.0 Å². The van der Waals surface area contributed by atoms with Crippen LogP contribution in [0.4, 0.5) is 4.79 Å². The summed E-state index contributed by atoms with van der Waals surface area (Å²) in [6.45, 7) is 14.2. The molecular weight excluding hydrogens is 300 g/mol. The van der Waals surface area contributed by atoms with Crippen molar-refractivity contribution in [2.24, 2.45) is 0 Å². The SMILES string of the molecule is CC(C)(C)OC(=O)N(CCNCCSCCCO)C(C)(C)C. The first-order valence-electron chi connectivity index (χ1n) is 7.98. The minimum atomic E-state index is -0.475. The van der Waals surface area contributed by atoms with Gasteiger partial charge in [-0.1, -0.05) is 0 Å². The Morgan fingerprint density at radius 2 is 1.77 bits per heavy atom. The topological polar surface area (TPSA) is 61.8 Å². The number of rotatable bonds is 9. The number of ether oxygens (including phenoxy) is 1. The van der Waals surface area contributed by atoms with E-state index in [4.69, 9.17) is 9.84 Å². The van der Waals surface area contributed by atoms with Crippen LogP contribution in [-0.2, 0) is 4.74 Å². The quantitative estimate of drug-likeness (QED) is 0.635. The fraction of sp³-hybridized carbons (Fsp3) is 0.938. The molecule has 0 saturated carbocycles. The van der Waals surface area contributed by atoms with E-state index in [2.05, 4.69) is 5.32 Å². The molecule has 2 N–H and O–H groups in total. The summed E-state index contributed by atoms with van der Waals surface area (Å²) in [6, 6.07) is 0. The second-order valence-electron chi connectivity index (χ2n) is 7.24. The van der Waals surface area contributed by atoms with Gasteiger partial charge in [-0.25, -0.2) is 4.79 Å². The number of carbonyl (C=O) groups is 1. The summed E-state index contributed by atoms with van der Waals surface area (Å²) >= 11 is 1.83. The minimum Gasteiger partial charge on any atom is -0.444 e. The molecule has 0 aliphatic heterocycles. The van der Waals surface area contributed by atoms with Crippen LogP contribution in [0.5, 0.6) is 0 Å². The molecule has 6 heteroatoms. The number of nitrogens with zero attached hydrogens (tertiary/aromatic N) is 1. The molecule has 1 amide bonds. The number of aliphatic hydroxyl groups excluding tert-OH is 1. The first kappa shape index (κ1) is 21.5. The molecule has 0 aromatic rings. The average molecular weight is 335 g/mol. The fourth-order valence-corrected chi connectivity index (χ4v) is 2.57. The highest BCUT2D eigenvalue weighted by Gasteiger charge is 2.30. The van der Waals surface area contributed by atoms with Crippen LogP contribution in [0.3, 0.4) is 0 Å². The highest BCUT2D eigenvalue weighted by molar-refractivity contribution is 7.99. The van der Waals surface area contributed by atoms with Gasteiger partial charge in [0.2, 0.25) is 0 Å². The highest BCUT2D eigenvalue weighted by atomic mass is 32.2. The molecule has 0 unspecified atom stereocenters. The van der Waals surface area contributed by atoms with E-state index in [0.717, 1.165) is 31.0 Å². The van der Waals surface area contributed by atoms with Crippen molar-refractivity contribution in [3.05, 3.63) is 0 Å². The van der Waals surface area contributed by atoms with E-state index in [-0.39, 0.29) is 18.2 Å². The maximum Gasteiger partial charge on any atom is 0.410 e. The lowest BCUT2D eigenvalue weighted by Crippen LogP contribution is -2.50. The Balaban J connectivity index is 4.10. The average Bonchev–Trinajstić information content (AvgIpc) is 2.33. The molecule has 0 aromatic heterocycles. The standard InChI is InChI=1S/C16H34N2O3S/c1-15(2,3)18(14(20)21-16(4,5)6)10-8-17-9-13-22-12-7-11-19/h17,19H,7-13H2,1-6H3. The molecule has 22 heavy (non-hydrogen) atoms. The van der Waals surface area contributed by atoms with Gasteiger partial charge in [-0.15, -0.1) is 0 Å². The molecular formula is C16H34N2O3S. The van der Waals surface area contributed by atoms with Gasteiger partial charge in [0, 0.05) is 37.5 Å². The third-order valence-corrected chi connectivity index (χ3v) is 3.88. The second-order valence-corrected chi connectivity index (χ2v) is 8.47. The van der Waals surface area contributed by atoms with Gasteiger partial charge < -0.3 is 20.1 Å². The van der Waals surface area contributed by atoms with Crippen LogP contribution in [0.1, 0.15) is 48.0 Å². The van der Waals surface area contributed by atoms with Crippen molar-refractivity contribution in [2.45, 2.75) is 59.1 Å². The monoisotopic (exact) mass is 334 g/mol. The molecule has 5 nitrogen and oxygen atoms in total. The minimum absolute atomic E-state index is 0.261. The summed E-state index contributed by atoms with van der Waals surface area (Å²) in [7, 11) is 0. The molecule has 0 fully saturated rings. The predicted molar refractivity (Wildman–Crippen MR) is 94.6 cm³/mol. The first-order chi connectivity index (χ1) is 10.1. The zero-order valence-electron chi connectivity index (χ0n) is 15.1. The van der Waals surface area contributed by atoms with Gasteiger partial charge in [-0.3, -0.25) is 0 Å². The molecule has 132 valence electrons. The number of carbonyl (C=O) groups excluding carboxylic acids is 1. The number of hydrogen-bond acceptors (Lipinski definition) is 5. The molecule has 0 bridgehead atoms. The molecule has 0 heterocycles. The smallest absolute Gasteiger partial charge is 0.410 e. The number of amides is 1. The lowest BCUT2D eigenvalue weighted by Gasteiger charge is -2.36. The van der Waals surface area contributed by atoms with Gasteiger partial charge in [0.05, 0.1) is 0 Å². The predicted octanol–water partition coefficient (Wildman–Crippen LogP) is 2.73. The zero-order valence-corrected chi connectivity index (χ0v) is 15.9. The number of aliphatic hydroxyl groups is 1. The Hall–Kier alpha value is -0.460. The maximum absolute atomic E-state index is 12.3. The van der Waals surface area contributed by atoms with E-state index in [0.29, 0.717) is 6.54 Å². The third kappa shape index (κ3) is 11.2. The van der Waals surface area contributed by atoms with Gasteiger partial charge in [-0.2, -0.15) is 11.8 Å². The van der Waals surface area contributed by atoms with Crippen molar-refractivity contribution in [3.63, 3.8) is 0 Å². The Bertz CT molecular complexity index is 311. The van der Waals surface area contributed by atoms with Crippen LogP contribution < -0.4 is 5.32 Å². The number of hydrogen-bond donors (Lipinski definition) is 2. The largest absolute Gasteiger partial charge is 0.444 e. The van der Waals surface area contributed by atoms with E-state index in [1.807, 2.05) is 53.3 Å². The molecule has 0 aromatic carbocycles. The highest BCUT2D eigenvalue weighted by Crippen LogP contribution is 2.17. The van der Waals surface area contributed by atoms with Gasteiger partial charge >= 0.3 is 6.09 Å². The lowest BCUT2D eigenvalue weighted by molar-refractivity contribution is 0.00668. The van der Waals surface area contributed by atoms with Crippen LogP contribution in [0.15, 0.2) is 0 Å².